The molecule has 1 rings (SSSR count). The molecular formula is C26H39N3O4. The fourth-order valence-corrected chi connectivity index (χ4v) is 3.36. The average molecular weight is 458 g/mol. The molecule has 3 atom stereocenters. The van der Waals surface area contributed by atoms with Crippen LogP contribution in [0.4, 0.5) is 4.79 Å². The van der Waals surface area contributed by atoms with Gasteiger partial charge in [0.1, 0.15) is 17.7 Å². The van der Waals surface area contributed by atoms with Crippen LogP contribution in [0.25, 0.3) is 0 Å². The number of carbonyl (C=O) groups is 3. The smallest absolute Gasteiger partial charge is 0.408 e. The van der Waals surface area contributed by atoms with Crippen LogP contribution in [-0.4, -0.2) is 47.0 Å². The highest BCUT2D eigenvalue weighted by molar-refractivity contribution is 5.92. The van der Waals surface area contributed by atoms with E-state index in [1.54, 1.807) is 45.0 Å². The number of nitrogens with zero attached hydrogens (tertiary/aromatic N) is 1. The average Bonchev–Trinajstić information content (AvgIpc) is 2.73. The Balaban J connectivity index is 3.39. The van der Waals surface area contributed by atoms with Crippen molar-refractivity contribution >= 4 is 17.9 Å². The Morgan fingerprint density at radius 1 is 1.06 bits per heavy atom. The first kappa shape index (κ1) is 28.0. The predicted octanol–water partition coefficient (Wildman–Crippen LogP) is 4.02. The zero-order chi connectivity index (χ0) is 25.3. The Morgan fingerprint density at radius 3 is 2.06 bits per heavy atom. The SMILES string of the molecule is C#Cc1ccc(C(C(=O)NC(C)C)N(CC)C(=O)C(NC(=O)OC(C)(C)C)C(C)CC)cc1. The van der Waals surface area contributed by atoms with Gasteiger partial charge in [-0.05, 0) is 65.2 Å². The predicted molar refractivity (Wildman–Crippen MR) is 130 cm³/mol. The molecular weight excluding hydrogens is 418 g/mol. The van der Waals surface area contributed by atoms with Gasteiger partial charge in [-0.25, -0.2) is 4.79 Å². The molecule has 1 aromatic carbocycles. The molecule has 0 aromatic heterocycles. The first-order valence-electron chi connectivity index (χ1n) is 11.5. The Kier molecular flexibility index (Phi) is 10.4. The molecule has 7 nitrogen and oxygen atoms in total. The van der Waals surface area contributed by atoms with Crippen LogP contribution < -0.4 is 10.6 Å². The molecule has 0 aliphatic carbocycles. The van der Waals surface area contributed by atoms with Gasteiger partial charge < -0.3 is 20.3 Å². The fraction of sp³-hybridized carbons (Fsp3) is 0.577. The van der Waals surface area contributed by atoms with E-state index in [0.717, 1.165) is 0 Å². The summed E-state index contributed by atoms with van der Waals surface area (Å²) >= 11 is 0. The van der Waals surface area contributed by atoms with Crippen LogP contribution in [-0.2, 0) is 14.3 Å². The number of terminal acetylenes is 1. The molecule has 0 saturated carbocycles. The normalized spacial score (nSPS) is 13.9. The maximum atomic E-state index is 13.7. The number of carbonyl (C=O) groups excluding carboxylic acids is 3. The molecule has 0 radical (unpaired) electrons. The molecule has 1 aromatic rings. The first-order chi connectivity index (χ1) is 15.3. The van der Waals surface area contributed by atoms with Crippen molar-refractivity contribution in [3.05, 3.63) is 35.4 Å². The van der Waals surface area contributed by atoms with Gasteiger partial charge >= 0.3 is 6.09 Å². The number of rotatable bonds is 9. The highest BCUT2D eigenvalue weighted by Gasteiger charge is 2.37. The van der Waals surface area contributed by atoms with Gasteiger partial charge in [0.2, 0.25) is 11.8 Å². The summed E-state index contributed by atoms with van der Waals surface area (Å²) in [6.45, 7) is 14.9. The first-order valence-corrected chi connectivity index (χ1v) is 11.5. The highest BCUT2D eigenvalue weighted by Crippen LogP contribution is 2.25. The maximum Gasteiger partial charge on any atom is 0.408 e. The summed E-state index contributed by atoms with van der Waals surface area (Å²) in [6, 6.07) is 5.18. The van der Waals surface area contributed by atoms with Crippen molar-refractivity contribution in [2.24, 2.45) is 5.92 Å². The monoisotopic (exact) mass is 457 g/mol. The van der Waals surface area contributed by atoms with Gasteiger partial charge in [0, 0.05) is 18.2 Å². The largest absolute Gasteiger partial charge is 0.444 e. The van der Waals surface area contributed by atoms with Crippen LogP contribution in [0.3, 0.4) is 0 Å². The molecule has 7 heteroatoms. The molecule has 33 heavy (non-hydrogen) atoms. The quantitative estimate of drug-likeness (QED) is 0.548. The number of ether oxygens (including phenoxy) is 1. The molecule has 0 spiro atoms. The highest BCUT2D eigenvalue weighted by atomic mass is 16.6. The minimum Gasteiger partial charge on any atom is -0.444 e. The molecule has 3 unspecified atom stereocenters. The zero-order valence-corrected chi connectivity index (χ0v) is 21.2. The summed E-state index contributed by atoms with van der Waals surface area (Å²) in [5.74, 6) is 1.75. The molecule has 3 amide bonds. The van der Waals surface area contributed by atoms with Crippen molar-refractivity contribution < 1.29 is 19.1 Å². The molecule has 0 fully saturated rings. The van der Waals surface area contributed by atoms with E-state index in [1.807, 2.05) is 34.6 Å². The maximum absolute atomic E-state index is 13.7. The van der Waals surface area contributed by atoms with Crippen LogP contribution >= 0.6 is 0 Å². The van der Waals surface area contributed by atoms with Crippen molar-refractivity contribution in [1.29, 1.82) is 0 Å². The van der Waals surface area contributed by atoms with Crippen molar-refractivity contribution in [1.82, 2.24) is 15.5 Å². The second-order valence-electron chi connectivity index (χ2n) is 9.47. The summed E-state index contributed by atoms with van der Waals surface area (Å²) in [5.41, 5.74) is 0.624. The van der Waals surface area contributed by atoms with Crippen LogP contribution in [0, 0.1) is 18.3 Å². The third kappa shape index (κ3) is 8.45. The van der Waals surface area contributed by atoms with Crippen LogP contribution in [0.1, 0.15) is 79.0 Å². The van der Waals surface area contributed by atoms with E-state index < -0.39 is 23.8 Å². The second-order valence-corrected chi connectivity index (χ2v) is 9.47. The van der Waals surface area contributed by atoms with E-state index in [4.69, 9.17) is 11.2 Å². The molecule has 0 aliphatic heterocycles. The van der Waals surface area contributed by atoms with E-state index in [0.29, 0.717) is 17.5 Å². The zero-order valence-electron chi connectivity index (χ0n) is 21.2. The van der Waals surface area contributed by atoms with Gasteiger partial charge in [0.15, 0.2) is 0 Å². The molecule has 0 aliphatic rings. The topological polar surface area (TPSA) is 87.7 Å². The summed E-state index contributed by atoms with van der Waals surface area (Å²) in [6.07, 6.45) is 5.46. The third-order valence-electron chi connectivity index (χ3n) is 5.16. The van der Waals surface area contributed by atoms with Gasteiger partial charge in [-0.15, -0.1) is 6.42 Å². The van der Waals surface area contributed by atoms with Gasteiger partial charge in [-0.1, -0.05) is 38.3 Å². The van der Waals surface area contributed by atoms with E-state index >= 15 is 0 Å². The number of hydrogen-bond donors (Lipinski definition) is 2. The second kappa shape index (κ2) is 12.3. The Hall–Kier alpha value is -3.01. The number of hydrogen-bond acceptors (Lipinski definition) is 4. The lowest BCUT2D eigenvalue weighted by molar-refractivity contribution is -0.143. The van der Waals surface area contributed by atoms with Gasteiger partial charge in [0.05, 0.1) is 0 Å². The molecule has 182 valence electrons. The van der Waals surface area contributed by atoms with Crippen molar-refractivity contribution in [3.63, 3.8) is 0 Å². The van der Waals surface area contributed by atoms with Gasteiger partial charge in [-0.3, -0.25) is 9.59 Å². The lowest BCUT2D eigenvalue weighted by Crippen LogP contribution is -2.55. The fourth-order valence-electron chi connectivity index (χ4n) is 3.36. The van der Waals surface area contributed by atoms with Gasteiger partial charge in [-0.2, -0.15) is 0 Å². The molecule has 0 saturated heterocycles. The van der Waals surface area contributed by atoms with Crippen LogP contribution in [0.5, 0.6) is 0 Å². The Labute approximate surface area is 198 Å². The van der Waals surface area contributed by atoms with Crippen LogP contribution in [0.2, 0.25) is 0 Å². The molecule has 0 bridgehead atoms. The number of nitrogens with one attached hydrogen (secondary N) is 2. The third-order valence-corrected chi connectivity index (χ3v) is 5.16. The lowest BCUT2D eigenvalue weighted by atomic mass is 9.95. The summed E-state index contributed by atoms with van der Waals surface area (Å²) in [5, 5.41) is 5.64. The molecule has 0 heterocycles. The minimum absolute atomic E-state index is 0.107. The van der Waals surface area contributed by atoms with Gasteiger partial charge in [0.25, 0.3) is 0 Å². The number of benzene rings is 1. The number of alkyl carbamates (subject to hydrolysis) is 1. The van der Waals surface area contributed by atoms with E-state index in [2.05, 4.69) is 16.6 Å². The summed E-state index contributed by atoms with van der Waals surface area (Å²) in [7, 11) is 0. The molecule has 2 N–H and O–H groups in total. The standard InChI is InChI=1S/C26H39N3O4/c1-10-18(6)21(28-25(32)33-26(7,8)9)24(31)29(12-3)22(23(30)27-17(4)5)20-15-13-19(11-2)14-16-20/h2,13-18,21-22H,10,12H2,1,3-9H3,(H,27,30)(H,28,32). The minimum atomic E-state index is -0.872. The summed E-state index contributed by atoms with van der Waals surface area (Å²) in [4.78, 5) is 41.0. The van der Waals surface area contributed by atoms with Crippen molar-refractivity contribution in [2.45, 2.75) is 85.5 Å². The van der Waals surface area contributed by atoms with E-state index in [1.165, 1.54) is 4.90 Å². The van der Waals surface area contributed by atoms with Crippen LogP contribution in [0.15, 0.2) is 24.3 Å². The van der Waals surface area contributed by atoms with E-state index in [9.17, 15) is 14.4 Å². The Bertz CT molecular complexity index is 850. The number of likely N-dealkylation sites (N-methyl/N-ethyl adjacent to an activating group) is 1. The lowest BCUT2D eigenvalue weighted by Gasteiger charge is -2.35. The number of amides is 3. The van der Waals surface area contributed by atoms with Crippen molar-refractivity contribution in [3.8, 4) is 12.3 Å². The summed E-state index contributed by atoms with van der Waals surface area (Å²) < 4.78 is 5.38. The van der Waals surface area contributed by atoms with E-state index in [-0.39, 0.29) is 30.3 Å². The Morgan fingerprint density at radius 2 is 1.64 bits per heavy atom. The van der Waals surface area contributed by atoms with Crippen molar-refractivity contribution in [2.75, 3.05) is 6.54 Å².